The molecular formula is C18H24ClNO4. The minimum Gasteiger partial charge on any atom is -0.479 e. The van der Waals surface area contributed by atoms with Gasteiger partial charge in [0.15, 0.2) is 6.10 Å². The van der Waals surface area contributed by atoms with Crippen molar-refractivity contribution in [3.05, 3.63) is 34.9 Å². The fourth-order valence-corrected chi connectivity index (χ4v) is 3.54. The molecule has 1 aliphatic rings. The summed E-state index contributed by atoms with van der Waals surface area (Å²) in [5, 5.41) is 9.87. The first-order valence-electron chi connectivity index (χ1n) is 8.27. The van der Waals surface area contributed by atoms with E-state index >= 15 is 0 Å². The highest BCUT2D eigenvalue weighted by Crippen LogP contribution is 2.35. The molecule has 6 heteroatoms. The molecule has 2 rings (SSSR count). The topological polar surface area (TPSA) is 66.8 Å². The maximum Gasteiger partial charge on any atom is 0.334 e. The number of hydrogen-bond donors (Lipinski definition) is 1. The summed E-state index contributed by atoms with van der Waals surface area (Å²) in [6, 6.07) is 7.33. The lowest BCUT2D eigenvalue weighted by Crippen LogP contribution is -2.56. The normalized spacial score (nSPS) is 21.6. The quantitative estimate of drug-likeness (QED) is 0.883. The first-order valence-corrected chi connectivity index (χ1v) is 8.65. The van der Waals surface area contributed by atoms with Gasteiger partial charge in [-0.2, -0.15) is 0 Å². The molecule has 1 saturated heterocycles. The third kappa shape index (κ3) is 3.57. The highest BCUT2D eigenvalue weighted by atomic mass is 35.5. The van der Waals surface area contributed by atoms with Crippen molar-refractivity contribution < 1.29 is 19.4 Å². The van der Waals surface area contributed by atoms with E-state index in [4.69, 9.17) is 16.3 Å². The molecule has 1 heterocycles. The van der Waals surface area contributed by atoms with Gasteiger partial charge in [0.25, 0.3) is 0 Å². The summed E-state index contributed by atoms with van der Waals surface area (Å²) in [5.74, 6) is -1.08. The van der Waals surface area contributed by atoms with Crippen LogP contribution in [0.3, 0.4) is 0 Å². The van der Waals surface area contributed by atoms with E-state index in [0.717, 1.165) is 5.56 Å². The second-order valence-electron chi connectivity index (χ2n) is 6.28. The number of benzene rings is 1. The Kier molecular flexibility index (Phi) is 5.88. The number of aliphatic carboxylic acids is 1. The van der Waals surface area contributed by atoms with E-state index in [2.05, 4.69) is 0 Å². The predicted molar refractivity (Wildman–Crippen MR) is 92.3 cm³/mol. The average Bonchev–Trinajstić information content (AvgIpc) is 2.57. The molecule has 1 amide bonds. The minimum atomic E-state index is -1.04. The number of carbonyl (C=O) groups is 2. The molecule has 1 aromatic rings. The van der Waals surface area contributed by atoms with E-state index < -0.39 is 17.5 Å². The van der Waals surface area contributed by atoms with Gasteiger partial charge in [0.1, 0.15) is 0 Å². The molecule has 0 aliphatic carbocycles. The molecule has 1 fully saturated rings. The van der Waals surface area contributed by atoms with Crippen LogP contribution in [0.4, 0.5) is 0 Å². The van der Waals surface area contributed by atoms with Crippen molar-refractivity contribution in [3.8, 4) is 0 Å². The van der Waals surface area contributed by atoms with E-state index in [1.165, 1.54) is 0 Å². The summed E-state index contributed by atoms with van der Waals surface area (Å²) >= 11 is 5.97. The second-order valence-corrected chi connectivity index (χ2v) is 6.72. The van der Waals surface area contributed by atoms with Crippen LogP contribution in [0, 0.1) is 0 Å². The highest BCUT2D eigenvalue weighted by molar-refractivity contribution is 6.30. The van der Waals surface area contributed by atoms with Crippen LogP contribution in [0.2, 0.25) is 5.02 Å². The van der Waals surface area contributed by atoms with Crippen molar-refractivity contribution in [3.63, 3.8) is 0 Å². The fourth-order valence-electron chi connectivity index (χ4n) is 3.41. The lowest BCUT2D eigenvalue weighted by molar-refractivity contribution is -0.168. The zero-order valence-electron chi connectivity index (χ0n) is 14.3. The lowest BCUT2D eigenvalue weighted by atomic mass is 9.74. The van der Waals surface area contributed by atoms with Crippen LogP contribution in [-0.4, -0.2) is 47.2 Å². The van der Waals surface area contributed by atoms with Crippen LogP contribution in [-0.2, 0) is 19.7 Å². The van der Waals surface area contributed by atoms with Crippen LogP contribution in [0.5, 0.6) is 0 Å². The minimum absolute atomic E-state index is 0.0452. The molecule has 24 heavy (non-hydrogen) atoms. The third-order valence-electron chi connectivity index (χ3n) is 4.84. The number of amides is 1. The van der Waals surface area contributed by atoms with Crippen LogP contribution < -0.4 is 0 Å². The van der Waals surface area contributed by atoms with E-state index in [1.54, 1.807) is 24.0 Å². The van der Waals surface area contributed by atoms with Crippen molar-refractivity contribution in [1.29, 1.82) is 0 Å². The molecule has 0 spiro atoms. The van der Waals surface area contributed by atoms with Gasteiger partial charge in [-0.3, -0.25) is 4.79 Å². The molecule has 132 valence electrons. The number of nitrogens with zero attached hydrogens (tertiary/aromatic N) is 1. The van der Waals surface area contributed by atoms with Crippen molar-refractivity contribution in [2.24, 2.45) is 0 Å². The maximum atomic E-state index is 13.3. The van der Waals surface area contributed by atoms with Gasteiger partial charge in [-0.25, -0.2) is 4.79 Å². The predicted octanol–water partition coefficient (Wildman–Crippen LogP) is 3.10. The molecule has 1 aromatic carbocycles. The van der Waals surface area contributed by atoms with E-state index in [1.807, 2.05) is 26.0 Å². The molecule has 1 aliphatic heterocycles. The van der Waals surface area contributed by atoms with E-state index in [9.17, 15) is 14.7 Å². The molecule has 1 N–H and O–H groups in total. The number of halogens is 1. The molecular weight excluding hydrogens is 330 g/mol. The summed E-state index contributed by atoms with van der Waals surface area (Å²) in [7, 11) is 0. The number of rotatable bonds is 5. The largest absolute Gasteiger partial charge is 0.479 e. The van der Waals surface area contributed by atoms with E-state index in [-0.39, 0.29) is 18.6 Å². The Balaban J connectivity index is 2.34. The van der Waals surface area contributed by atoms with Gasteiger partial charge in [0, 0.05) is 11.6 Å². The van der Waals surface area contributed by atoms with Gasteiger partial charge < -0.3 is 14.7 Å². The highest BCUT2D eigenvalue weighted by Gasteiger charge is 2.43. The molecule has 1 unspecified atom stereocenters. The smallest absolute Gasteiger partial charge is 0.334 e. The van der Waals surface area contributed by atoms with Gasteiger partial charge in [-0.1, -0.05) is 37.6 Å². The van der Waals surface area contributed by atoms with Crippen LogP contribution >= 0.6 is 11.6 Å². The molecule has 0 bridgehead atoms. The average molecular weight is 354 g/mol. The van der Waals surface area contributed by atoms with E-state index in [0.29, 0.717) is 24.4 Å². The third-order valence-corrected chi connectivity index (χ3v) is 5.09. The SMILES string of the molecule is CCC(CC)(C(=O)N1CC(C(=O)O)O[C@H](C)C1)c1ccc(Cl)cc1. The molecule has 2 atom stereocenters. The summed E-state index contributed by atoms with van der Waals surface area (Å²) in [5.41, 5.74) is 0.234. The summed E-state index contributed by atoms with van der Waals surface area (Å²) in [6.45, 7) is 6.23. The van der Waals surface area contributed by atoms with Crippen LogP contribution in [0.25, 0.3) is 0 Å². The zero-order valence-corrected chi connectivity index (χ0v) is 15.0. The van der Waals surface area contributed by atoms with Crippen molar-refractivity contribution in [1.82, 2.24) is 4.90 Å². The van der Waals surface area contributed by atoms with Gasteiger partial charge in [0.05, 0.1) is 18.1 Å². The summed E-state index contributed by atoms with van der Waals surface area (Å²) in [6.07, 6.45) is -0.0179. The first-order chi connectivity index (χ1) is 11.3. The van der Waals surface area contributed by atoms with Crippen LogP contribution in [0.1, 0.15) is 39.2 Å². The standard InChI is InChI=1S/C18H24ClNO4/c1-4-18(5-2,13-6-8-14(19)9-7-13)17(23)20-10-12(3)24-15(11-20)16(21)22/h6-9,12,15H,4-5,10-11H2,1-3H3,(H,21,22)/t12-,15?/m1/s1. The van der Waals surface area contributed by atoms with Crippen molar-refractivity contribution in [2.45, 2.75) is 51.2 Å². The Morgan fingerprint density at radius 2 is 1.83 bits per heavy atom. The number of morpholine rings is 1. The zero-order chi connectivity index (χ0) is 17.9. The summed E-state index contributed by atoms with van der Waals surface area (Å²) in [4.78, 5) is 26.2. The summed E-state index contributed by atoms with van der Waals surface area (Å²) < 4.78 is 5.42. The second kappa shape index (κ2) is 7.53. The van der Waals surface area contributed by atoms with Gasteiger partial charge in [-0.05, 0) is 37.5 Å². The fraction of sp³-hybridized carbons (Fsp3) is 0.556. The Morgan fingerprint density at radius 1 is 1.25 bits per heavy atom. The number of hydrogen-bond acceptors (Lipinski definition) is 3. The Hall–Kier alpha value is -1.59. The lowest BCUT2D eigenvalue weighted by Gasteiger charge is -2.41. The van der Waals surface area contributed by atoms with Crippen molar-refractivity contribution >= 4 is 23.5 Å². The molecule has 0 saturated carbocycles. The molecule has 0 radical (unpaired) electrons. The number of carboxylic acids is 1. The number of ether oxygens (including phenoxy) is 1. The van der Waals surface area contributed by atoms with Gasteiger partial charge in [0.2, 0.25) is 5.91 Å². The number of carbonyl (C=O) groups excluding carboxylic acids is 1. The monoisotopic (exact) mass is 353 g/mol. The van der Waals surface area contributed by atoms with Crippen molar-refractivity contribution in [2.75, 3.05) is 13.1 Å². The molecule has 0 aromatic heterocycles. The Bertz CT molecular complexity index is 598. The van der Waals surface area contributed by atoms with Gasteiger partial charge >= 0.3 is 5.97 Å². The van der Waals surface area contributed by atoms with Crippen LogP contribution in [0.15, 0.2) is 24.3 Å². The maximum absolute atomic E-state index is 13.3. The van der Waals surface area contributed by atoms with Gasteiger partial charge in [-0.15, -0.1) is 0 Å². The Labute approximate surface area is 147 Å². The Morgan fingerprint density at radius 3 is 2.33 bits per heavy atom. The number of carboxylic acid groups (broad SMARTS) is 1. The molecule has 5 nitrogen and oxygen atoms in total. The first kappa shape index (κ1) is 18.7.